The summed E-state index contributed by atoms with van der Waals surface area (Å²) in [6.45, 7) is 2.00. The molecule has 3 heterocycles. The van der Waals surface area contributed by atoms with E-state index in [1.807, 2.05) is 35.6 Å². The third kappa shape index (κ3) is 3.04. The molecule has 0 fully saturated rings. The van der Waals surface area contributed by atoms with Crippen LogP contribution in [-0.4, -0.2) is 38.0 Å². The number of carbonyl (C=O) groups is 1. The molecule has 0 atom stereocenters. The Balaban J connectivity index is 1.84. The van der Waals surface area contributed by atoms with E-state index in [1.54, 1.807) is 15.9 Å². The molecule has 0 saturated heterocycles. The molecule has 0 N–H and O–H groups in total. The van der Waals surface area contributed by atoms with E-state index in [2.05, 4.69) is 10.2 Å². The maximum atomic E-state index is 13.7. The average Bonchev–Trinajstić information content (AvgIpc) is 3.33. The summed E-state index contributed by atoms with van der Waals surface area (Å²) >= 11 is 2.92. The van der Waals surface area contributed by atoms with Crippen LogP contribution in [0.3, 0.4) is 0 Å². The van der Waals surface area contributed by atoms with Crippen LogP contribution in [0.2, 0.25) is 0 Å². The Morgan fingerprint density at radius 1 is 1.27 bits per heavy atom. The lowest BCUT2D eigenvalue weighted by Crippen LogP contribution is -2.22. The molecule has 1 aromatic carbocycles. The number of carbonyl (C=O) groups excluding carboxylic acids is 1. The Bertz CT molecular complexity index is 1350. The van der Waals surface area contributed by atoms with E-state index >= 15 is 0 Å². The molecule has 0 spiro atoms. The lowest BCUT2D eigenvalue weighted by molar-refractivity contribution is -0.137. The maximum absolute atomic E-state index is 13.7. The number of thiophene rings is 1. The minimum atomic E-state index is -0.328. The molecule has 0 saturated carbocycles. The van der Waals surface area contributed by atoms with Gasteiger partial charge in [0.15, 0.2) is 5.16 Å². The topological polar surface area (TPSA) is 78.5 Å². The predicted molar refractivity (Wildman–Crippen MR) is 118 cm³/mol. The van der Waals surface area contributed by atoms with Crippen LogP contribution in [0, 0.1) is 6.92 Å². The number of benzene rings is 1. The normalized spacial score (nSPS) is 13.7. The summed E-state index contributed by atoms with van der Waals surface area (Å²) in [6.07, 6.45) is 4.14. The van der Waals surface area contributed by atoms with Crippen molar-refractivity contribution in [3.8, 4) is 5.69 Å². The lowest BCUT2D eigenvalue weighted by atomic mass is 9.97. The molecule has 0 bridgehead atoms. The highest BCUT2D eigenvalue weighted by Crippen LogP contribution is 2.36. The van der Waals surface area contributed by atoms with Gasteiger partial charge < -0.3 is 4.74 Å². The Morgan fingerprint density at radius 2 is 2.10 bits per heavy atom. The minimum Gasteiger partial charge on any atom is -0.468 e. The van der Waals surface area contributed by atoms with Gasteiger partial charge in [-0.25, -0.2) is 8.97 Å². The highest BCUT2D eigenvalue weighted by atomic mass is 32.2. The zero-order valence-corrected chi connectivity index (χ0v) is 18.3. The zero-order chi connectivity index (χ0) is 20.8. The van der Waals surface area contributed by atoms with Gasteiger partial charge in [-0.2, -0.15) is 0 Å². The van der Waals surface area contributed by atoms with E-state index < -0.39 is 0 Å². The van der Waals surface area contributed by atoms with Gasteiger partial charge in [0.1, 0.15) is 4.83 Å². The first kappa shape index (κ1) is 19.3. The molecule has 0 amide bonds. The first-order chi connectivity index (χ1) is 14.6. The number of aryl methyl sites for hydroxylation is 3. The molecule has 4 aromatic rings. The number of fused-ring (bicyclic) bond motifs is 5. The molecular formula is C21H20N4O3S2. The number of rotatable bonds is 4. The van der Waals surface area contributed by atoms with Gasteiger partial charge >= 0.3 is 5.97 Å². The number of ether oxygens (including phenoxy) is 1. The molecule has 7 nitrogen and oxygen atoms in total. The van der Waals surface area contributed by atoms with Gasteiger partial charge in [0.2, 0.25) is 5.78 Å². The van der Waals surface area contributed by atoms with E-state index in [1.165, 1.54) is 23.7 Å². The van der Waals surface area contributed by atoms with Crippen LogP contribution in [-0.2, 0) is 22.4 Å². The van der Waals surface area contributed by atoms with Crippen molar-refractivity contribution < 1.29 is 9.53 Å². The van der Waals surface area contributed by atoms with Crippen LogP contribution in [0.1, 0.15) is 28.8 Å². The molecule has 0 radical (unpaired) electrons. The fraction of sp³-hybridized carbons (Fsp3) is 0.333. The molecule has 9 heteroatoms. The Kier molecular flexibility index (Phi) is 4.86. The lowest BCUT2D eigenvalue weighted by Gasteiger charge is -2.12. The van der Waals surface area contributed by atoms with Crippen molar-refractivity contribution in [3.63, 3.8) is 0 Å². The fourth-order valence-corrected chi connectivity index (χ4v) is 6.19. The summed E-state index contributed by atoms with van der Waals surface area (Å²) in [4.78, 5) is 27.5. The van der Waals surface area contributed by atoms with Gasteiger partial charge in [0, 0.05) is 4.88 Å². The van der Waals surface area contributed by atoms with Crippen molar-refractivity contribution in [2.24, 2.45) is 0 Å². The fourth-order valence-electron chi connectivity index (χ4n) is 3.99. The van der Waals surface area contributed by atoms with Gasteiger partial charge in [-0.05, 0) is 55.9 Å². The quantitative estimate of drug-likeness (QED) is 0.357. The minimum absolute atomic E-state index is 0.0561. The van der Waals surface area contributed by atoms with Gasteiger partial charge in [-0.1, -0.05) is 23.9 Å². The monoisotopic (exact) mass is 440 g/mol. The number of nitrogens with zero attached hydrogens (tertiary/aromatic N) is 4. The molecular weight excluding hydrogens is 420 g/mol. The largest absolute Gasteiger partial charge is 0.468 e. The number of thioether (sulfide) groups is 1. The standard InChI is InChI=1S/C21H20N4O3S2/c1-12-6-5-7-13(10-12)24-18(27)17-14-8-3-4-9-15(14)30-19(17)25-20(24)22-23-21(25)29-11-16(26)28-2/h5-7,10H,3-4,8-9,11H2,1-2H3. The SMILES string of the molecule is COC(=O)CSc1nnc2n(-c3cccc(C)c3)c(=O)c3c4c(sc3n12)CCCC4. The van der Waals surface area contributed by atoms with E-state index in [0.29, 0.717) is 10.9 Å². The molecule has 1 aliphatic rings. The van der Waals surface area contributed by atoms with Crippen LogP contribution < -0.4 is 5.56 Å². The third-order valence-electron chi connectivity index (χ3n) is 5.40. The highest BCUT2D eigenvalue weighted by Gasteiger charge is 2.25. The van der Waals surface area contributed by atoms with Crippen molar-refractivity contribution in [2.45, 2.75) is 37.8 Å². The summed E-state index contributed by atoms with van der Waals surface area (Å²) in [5, 5.41) is 10.0. The molecule has 30 heavy (non-hydrogen) atoms. The summed E-state index contributed by atoms with van der Waals surface area (Å²) in [5.41, 5.74) is 2.93. The summed E-state index contributed by atoms with van der Waals surface area (Å²) < 4.78 is 8.34. The summed E-state index contributed by atoms with van der Waals surface area (Å²) in [5.74, 6) is 0.266. The second kappa shape index (κ2) is 7.55. The van der Waals surface area contributed by atoms with Gasteiger partial charge in [0.05, 0.1) is 23.9 Å². The van der Waals surface area contributed by atoms with Crippen LogP contribution in [0.15, 0.2) is 34.2 Å². The summed E-state index contributed by atoms with van der Waals surface area (Å²) in [6, 6.07) is 7.82. The first-order valence-electron chi connectivity index (χ1n) is 9.79. The first-order valence-corrected chi connectivity index (χ1v) is 11.6. The molecule has 5 rings (SSSR count). The van der Waals surface area contributed by atoms with Crippen LogP contribution in [0.25, 0.3) is 21.7 Å². The Hall–Kier alpha value is -2.65. The Labute approximate surface area is 180 Å². The zero-order valence-electron chi connectivity index (χ0n) is 16.7. The second-order valence-corrected chi connectivity index (χ2v) is 9.38. The van der Waals surface area contributed by atoms with Crippen molar-refractivity contribution in [2.75, 3.05) is 12.9 Å². The van der Waals surface area contributed by atoms with Gasteiger partial charge in [0.25, 0.3) is 5.56 Å². The van der Waals surface area contributed by atoms with E-state index in [9.17, 15) is 9.59 Å². The Morgan fingerprint density at radius 3 is 2.90 bits per heavy atom. The number of aromatic nitrogens is 4. The van der Waals surface area contributed by atoms with E-state index in [4.69, 9.17) is 4.74 Å². The van der Waals surface area contributed by atoms with Gasteiger partial charge in [-0.15, -0.1) is 21.5 Å². The number of hydrogen-bond acceptors (Lipinski definition) is 7. The summed E-state index contributed by atoms with van der Waals surface area (Å²) in [7, 11) is 1.37. The van der Waals surface area contributed by atoms with Crippen molar-refractivity contribution in [3.05, 3.63) is 50.6 Å². The number of methoxy groups -OCH3 is 1. The molecule has 0 unspecified atom stereocenters. The number of esters is 1. The van der Waals surface area contributed by atoms with E-state index in [-0.39, 0.29) is 17.3 Å². The van der Waals surface area contributed by atoms with Crippen LogP contribution in [0.4, 0.5) is 0 Å². The van der Waals surface area contributed by atoms with Gasteiger partial charge in [-0.3, -0.25) is 9.59 Å². The van der Waals surface area contributed by atoms with Crippen molar-refractivity contribution >= 4 is 45.1 Å². The molecule has 154 valence electrons. The number of hydrogen-bond donors (Lipinski definition) is 0. The predicted octanol–water partition coefficient (Wildman–Crippen LogP) is 3.55. The van der Waals surface area contributed by atoms with Crippen LogP contribution in [0.5, 0.6) is 0 Å². The van der Waals surface area contributed by atoms with Crippen molar-refractivity contribution in [1.82, 2.24) is 19.2 Å². The maximum Gasteiger partial charge on any atom is 0.316 e. The molecule has 0 aliphatic heterocycles. The molecule has 3 aromatic heterocycles. The van der Waals surface area contributed by atoms with Crippen molar-refractivity contribution in [1.29, 1.82) is 0 Å². The smallest absolute Gasteiger partial charge is 0.316 e. The molecule has 1 aliphatic carbocycles. The average molecular weight is 441 g/mol. The highest BCUT2D eigenvalue weighted by molar-refractivity contribution is 7.99. The second-order valence-electron chi connectivity index (χ2n) is 7.35. The van der Waals surface area contributed by atoms with Crippen LogP contribution >= 0.6 is 23.1 Å². The third-order valence-corrected chi connectivity index (χ3v) is 7.58. The van der Waals surface area contributed by atoms with E-state index in [0.717, 1.165) is 52.7 Å².